The van der Waals surface area contributed by atoms with Crippen molar-refractivity contribution in [3.8, 4) is 11.6 Å². The molecular weight excluding hydrogens is 508 g/mol. The first kappa shape index (κ1) is 26.1. The Kier molecular flexibility index (Phi) is 8.06. The highest BCUT2D eigenvalue weighted by Gasteiger charge is 2.15. The Bertz CT molecular complexity index is 1460. The van der Waals surface area contributed by atoms with Crippen molar-refractivity contribution in [1.29, 1.82) is 0 Å². The van der Waals surface area contributed by atoms with Crippen LogP contribution in [0.1, 0.15) is 5.56 Å². The van der Waals surface area contributed by atoms with Gasteiger partial charge in [0.25, 0.3) is 10.0 Å². The van der Waals surface area contributed by atoms with Gasteiger partial charge in [-0.1, -0.05) is 18.2 Å². The smallest absolute Gasteiger partial charge is 0.388 e. The number of hydrogen-bond donors (Lipinski definition) is 5. The van der Waals surface area contributed by atoms with Crippen molar-refractivity contribution in [3.63, 3.8) is 0 Å². The molecule has 1 heterocycles. The third-order valence-electron chi connectivity index (χ3n) is 5.23. The molecule has 0 aliphatic carbocycles. The summed E-state index contributed by atoms with van der Waals surface area (Å²) in [5, 5.41) is 20.0. The van der Waals surface area contributed by atoms with Crippen molar-refractivity contribution < 1.29 is 31.8 Å². The molecule has 0 aliphatic rings. The number of H-pyrrole nitrogens is 1. The molecule has 6 N–H and O–H groups in total. The first-order chi connectivity index (χ1) is 17.7. The molecule has 1 atom stereocenters. The monoisotopic (exact) mass is 533 g/mol. The number of rotatable bonds is 12. The Morgan fingerprint density at radius 2 is 1.89 bits per heavy atom. The van der Waals surface area contributed by atoms with Gasteiger partial charge in [-0.15, -0.1) is 5.10 Å². The van der Waals surface area contributed by atoms with E-state index in [-0.39, 0.29) is 23.8 Å². The molecule has 0 unspecified atom stereocenters. The van der Waals surface area contributed by atoms with E-state index in [0.717, 1.165) is 0 Å². The van der Waals surface area contributed by atoms with E-state index in [1.54, 1.807) is 54.6 Å². The molecule has 0 aliphatic heterocycles. The van der Waals surface area contributed by atoms with Crippen LogP contribution in [0.15, 0.2) is 71.6 Å². The quantitative estimate of drug-likeness (QED) is 0.106. The largest absolute Gasteiger partial charge is 0.492 e. The van der Waals surface area contributed by atoms with E-state index >= 15 is 0 Å². The number of aliphatic hydroxyl groups is 1. The first-order valence-electron chi connectivity index (χ1n) is 11.1. The van der Waals surface area contributed by atoms with Gasteiger partial charge in [0.15, 0.2) is 0 Å². The van der Waals surface area contributed by atoms with Crippen LogP contribution in [0.5, 0.6) is 11.6 Å². The van der Waals surface area contributed by atoms with Gasteiger partial charge in [0.2, 0.25) is 5.88 Å². The molecule has 10 nitrogen and oxygen atoms in total. The maximum absolute atomic E-state index is 12.6. The molecular formula is C24H25F2N5O5S. The SMILES string of the molecule is Nc1cccc(S(=O)(=O)Nc2cccc(C[C@@H](O)NCCOc3ccc4c(OC(F)F)n[nH]c4c3)c2)c1. The lowest BCUT2D eigenvalue weighted by atomic mass is 10.1. The zero-order valence-electron chi connectivity index (χ0n) is 19.4. The summed E-state index contributed by atoms with van der Waals surface area (Å²) in [6.45, 7) is -2.44. The van der Waals surface area contributed by atoms with Crippen LogP contribution in [-0.2, 0) is 16.4 Å². The molecule has 0 amide bonds. The molecule has 0 saturated heterocycles. The lowest BCUT2D eigenvalue weighted by Crippen LogP contribution is -2.34. The summed E-state index contributed by atoms with van der Waals surface area (Å²) in [6, 6.07) is 17.4. The number of aromatic nitrogens is 2. The van der Waals surface area contributed by atoms with Crippen LogP contribution in [0.4, 0.5) is 20.2 Å². The molecule has 0 spiro atoms. The summed E-state index contributed by atoms with van der Waals surface area (Å²) >= 11 is 0. The molecule has 1 aromatic heterocycles. The second-order valence-electron chi connectivity index (χ2n) is 8.02. The van der Waals surface area contributed by atoms with Crippen LogP contribution in [-0.4, -0.2) is 49.7 Å². The Balaban J connectivity index is 1.26. The Labute approximate surface area is 211 Å². The zero-order valence-corrected chi connectivity index (χ0v) is 20.2. The highest BCUT2D eigenvalue weighted by atomic mass is 32.2. The number of nitrogens with two attached hydrogens (primary N) is 1. The number of aromatic amines is 1. The number of alkyl halides is 2. The van der Waals surface area contributed by atoms with Crippen LogP contribution >= 0.6 is 0 Å². The van der Waals surface area contributed by atoms with Gasteiger partial charge in [0.1, 0.15) is 18.6 Å². The van der Waals surface area contributed by atoms with E-state index in [9.17, 15) is 22.3 Å². The summed E-state index contributed by atoms with van der Waals surface area (Å²) in [6.07, 6.45) is -0.686. The number of hydrogen-bond acceptors (Lipinski definition) is 8. The second kappa shape index (κ2) is 11.4. The summed E-state index contributed by atoms with van der Waals surface area (Å²) in [5.74, 6) is 0.291. The average Bonchev–Trinajstić information content (AvgIpc) is 3.23. The van der Waals surface area contributed by atoms with Crippen LogP contribution < -0.4 is 25.2 Å². The van der Waals surface area contributed by atoms with Crippen molar-refractivity contribution in [2.45, 2.75) is 24.2 Å². The number of halogens is 2. The second-order valence-corrected chi connectivity index (χ2v) is 9.70. The van der Waals surface area contributed by atoms with Crippen LogP contribution in [0, 0.1) is 0 Å². The molecule has 37 heavy (non-hydrogen) atoms. The first-order valence-corrected chi connectivity index (χ1v) is 12.6. The fraction of sp³-hybridized carbons (Fsp3) is 0.208. The fourth-order valence-electron chi connectivity index (χ4n) is 3.59. The third-order valence-corrected chi connectivity index (χ3v) is 6.61. The summed E-state index contributed by atoms with van der Waals surface area (Å²) in [4.78, 5) is 0.0493. The maximum atomic E-state index is 12.6. The van der Waals surface area contributed by atoms with Gasteiger partial charge >= 0.3 is 6.61 Å². The minimum Gasteiger partial charge on any atom is -0.492 e. The normalized spacial score (nSPS) is 12.5. The molecule has 0 saturated carbocycles. The van der Waals surface area contributed by atoms with Crippen LogP contribution in [0.2, 0.25) is 0 Å². The van der Waals surface area contributed by atoms with Crippen molar-refractivity contribution in [2.24, 2.45) is 0 Å². The molecule has 3 aromatic carbocycles. The number of fused-ring (bicyclic) bond motifs is 1. The third kappa shape index (κ3) is 7.06. The summed E-state index contributed by atoms with van der Waals surface area (Å²) in [7, 11) is -3.81. The lowest BCUT2D eigenvalue weighted by molar-refractivity contribution is -0.0518. The van der Waals surface area contributed by atoms with E-state index in [4.69, 9.17) is 10.5 Å². The maximum Gasteiger partial charge on any atom is 0.388 e. The van der Waals surface area contributed by atoms with E-state index in [2.05, 4.69) is 25.0 Å². The van der Waals surface area contributed by atoms with Crippen LogP contribution in [0.3, 0.4) is 0 Å². The highest BCUT2D eigenvalue weighted by Crippen LogP contribution is 2.27. The molecule has 0 fully saturated rings. The highest BCUT2D eigenvalue weighted by molar-refractivity contribution is 7.92. The Hall–Kier alpha value is -3.94. The number of nitrogen functional groups attached to an aromatic ring is 1. The predicted molar refractivity (Wildman–Crippen MR) is 134 cm³/mol. The topological polar surface area (TPSA) is 152 Å². The van der Waals surface area contributed by atoms with Gasteiger partial charge in [-0.2, -0.15) is 8.78 Å². The number of nitrogens with one attached hydrogen (secondary N) is 3. The standard InChI is InChI=1S/C24H25F2N5O5S/c25-24(26)36-23-20-8-7-18(14-21(20)29-30-23)35-10-9-28-22(32)12-15-3-1-5-17(11-15)31-37(33,34)19-6-2-4-16(27)13-19/h1-8,11,13-14,22,24,28,31-32H,9-10,12,27H2,(H,29,30)/t22-/m1/s1. The van der Waals surface area contributed by atoms with Gasteiger partial charge in [-0.25, -0.2) is 8.42 Å². The molecule has 4 aromatic rings. The van der Waals surface area contributed by atoms with Gasteiger partial charge in [-0.05, 0) is 48.0 Å². The molecule has 0 bridgehead atoms. The number of aliphatic hydroxyl groups excluding tert-OH is 1. The summed E-state index contributed by atoms with van der Waals surface area (Å²) < 4.78 is 62.5. The van der Waals surface area contributed by atoms with Gasteiger partial charge < -0.3 is 20.3 Å². The molecule has 0 radical (unpaired) electrons. The zero-order chi connectivity index (χ0) is 26.4. The number of benzene rings is 3. The molecule has 196 valence electrons. The molecule has 4 rings (SSSR count). The van der Waals surface area contributed by atoms with Crippen molar-refractivity contribution >= 4 is 32.3 Å². The Morgan fingerprint density at radius 1 is 1.08 bits per heavy atom. The lowest BCUT2D eigenvalue weighted by Gasteiger charge is -2.15. The minimum atomic E-state index is -3.81. The summed E-state index contributed by atoms with van der Waals surface area (Å²) in [5.41, 5.74) is 7.56. The fourth-order valence-corrected chi connectivity index (χ4v) is 4.69. The van der Waals surface area contributed by atoms with E-state index in [1.807, 2.05) is 0 Å². The van der Waals surface area contributed by atoms with Crippen molar-refractivity contribution in [2.75, 3.05) is 23.6 Å². The van der Waals surface area contributed by atoms with Crippen molar-refractivity contribution in [3.05, 3.63) is 72.3 Å². The number of anilines is 2. The van der Waals surface area contributed by atoms with E-state index < -0.39 is 22.9 Å². The van der Waals surface area contributed by atoms with Gasteiger partial charge in [0.05, 0.1) is 15.8 Å². The predicted octanol–water partition coefficient (Wildman–Crippen LogP) is 3.08. The Morgan fingerprint density at radius 3 is 2.68 bits per heavy atom. The van der Waals surface area contributed by atoms with Gasteiger partial charge in [0, 0.05) is 30.4 Å². The van der Waals surface area contributed by atoms with Crippen LogP contribution in [0.25, 0.3) is 10.9 Å². The number of ether oxygens (including phenoxy) is 2. The van der Waals surface area contributed by atoms with E-state index in [1.165, 1.54) is 12.1 Å². The minimum absolute atomic E-state index is 0.0493. The molecule has 13 heteroatoms. The van der Waals surface area contributed by atoms with E-state index in [0.29, 0.717) is 40.1 Å². The number of sulfonamides is 1. The van der Waals surface area contributed by atoms with Crippen molar-refractivity contribution in [1.82, 2.24) is 15.5 Å². The number of nitrogens with zero attached hydrogens (tertiary/aromatic N) is 1. The average molecular weight is 534 g/mol. The van der Waals surface area contributed by atoms with Gasteiger partial charge in [-0.3, -0.25) is 15.1 Å².